The number of carbonyl (C=O) groups is 1. The summed E-state index contributed by atoms with van der Waals surface area (Å²) in [5.41, 5.74) is 1.35. The second-order valence-corrected chi connectivity index (χ2v) is 8.33. The van der Waals surface area contributed by atoms with Gasteiger partial charge in [-0.05, 0) is 56.2 Å². The Morgan fingerprint density at radius 3 is 2.44 bits per heavy atom. The molecule has 1 aromatic rings. The van der Waals surface area contributed by atoms with Crippen molar-refractivity contribution < 1.29 is 19.0 Å². The summed E-state index contributed by atoms with van der Waals surface area (Å²) < 4.78 is 16.5. The van der Waals surface area contributed by atoms with Crippen LogP contribution < -0.4 is 4.74 Å². The van der Waals surface area contributed by atoms with Crippen molar-refractivity contribution in [3.63, 3.8) is 0 Å². The van der Waals surface area contributed by atoms with E-state index < -0.39 is 0 Å². The number of hydrogen-bond acceptors (Lipinski definition) is 5. The number of carbonyl (C=O) groups excluding carboxylic acids is 1. The van der Waals surface area contributed by atoms with E-state index in [1.54, 1.807) is 7.11 Å². The molecule has 1 aromatic carbocycles. The summed E-state index contributed by atoms with van der Waals surface area (Å²) in [5, 5.41) is 0. The van der Waals surface area contributed by atoms with Gasteiger partial charge in [0.1, 0.15) is 5.75 Å². The van der Waals surface area contributed by atoms with Gasteiger partial charge in [0.15, 0.2) is 0 Å². The van der Waals surface area contributed by atoms with Gasteiger partial charge in [0.05, 0.1) is 25.7 Å². The van der Waals surface area contributed by atoms with E-state index in [-0.39, 0.29) is 23.4 Å². The summed E-state index contributed by atoms with van der Waals surface area (Å²) in [5.74, 6) is 0.839. The highest BCUT2D eigenvalue weighted by Crippen LogP contribution is 2.43. The molecule has 3 aliphatic rings. The van der Waals surface area contributed by atoms with E-state index in [0.717, 1.165) is 38.3 Å². The van der Waals surface area contributed by atoms with Crippen molar-refractivity contribution in [2.45, 2.75) is 56.1 Å². The first-order valence-corrected chi connectivity index (χ1v) is 10.2. The molecule has 2 saturated heterocycles. The van der Waals surface area contributed by atoms with Gasteiger partial charge in [-0.1, -0.05) is 12.1 Å². The zero-order chi connectivity index (χ0) is 18.9. The van der Waals surface area contributed by atoms with Gasteiger partial charge in [-0.3, -0.25) is 9.69 Å². The number of nitrogens with zero attached hydrogens (tertiary/aromatic N) is 1. The molecule has 0 radical (unpaired) electrons. The van der Waals surface area contributed by atoms with Crippen LogP contribution >= 0.6 is 0 Å². The molecule has 2 heterocycles. The quantitative estimate of drug-likeness (QED) is 0.758. The van der Waals surface area contributed by atoms with Crippen LogP contribution in [-0.2, 0) is 14.3 Å². The molecular formula is C22H31NO4. The molecule has 148 valence electrons. The predicted octanol–water partition coefficient (Wildman–Crippen LogP) is 3.38. The molecule has 3 fully saturated rings. The van der Waals surface area contributed by atoms with Crippen molar-refractivity contribution in [3.05, 3.63) is 29.8 Å². The maximum absolute atomic E-state index is 12.5. The molecule has 1 aliphatic carbocycles. The Kier molecular flexibility index (Phi) is 5.42. The lowest BCUT2D eigenvalue weighted by molar-refractivity contribution is -0.145. The van der Waals surface area contributed by atoms with Crippen molar-refractivity contribution >= 4 is 5.97 Å². The monoisotopic (exact) mass is 373 g/mol. The fraction of sp³-hybridized carbons (Fsp3) is 0.682. The van der Waals surface area contributed by atoms with E-state index in [0.29, 0.717) is 6.04 Å². The average molecular weight is 373 g/mol. The van der Waals surface area contributed by atoms with Crippen LogP contribution in [0.3, 0.4) is 0 Å². The fourth-order valence-electron chi connectivity index (χ4n) is 5.35. The van der Waals surface area contributed by atoms with Gasteiger partial charge in [0.2, 0.25) is 0 Å². The molecule has 5 heteroatoms. The summed E-state index contributed by atoms with van der Waals surface area (Å²) in [6, 6.07) is 8.69. The number of benzene rings is 1. The van der Waals surface area contributed by atoms with Crippen LogP contribution in [0.25, 0.3) is 0 Å². The van der Waals surface area contributed by atoms with Gasteiger partial charge in [-0.2, -0.15) is 0 Å². The summed E-state index contributed by atoms with van der Waals surface area (Å²) in [4.78, 5) is 15.0. The number of likely N-dealkylation sites (tertiary alicyclic amines) is 1. The van der Waals surface area contributed by atoms with Crippen LogP contribution in [0.5, 0.6) is 5.75 Å². The lowest BCUT2D eigenvalue weighted by Gasteiger charge is -2.40. The Morgan fingerprint density at radius 2 is 1.85 bits per heavy atom. The van der Waals surface area contributed by atoms with Gasteiger partial charge in [-0.15, -0.1) is 0 Å². The molecule has 0 N–H and O–H groups in total. The van der Waals surface area contributed by atoms with Gasteiger partial charge in [0.25, 0.3) is 0 Å². The summed E-state index contributed by atoms with van der Waals surface area (Å²) in [7, 11) is 3.17. The lowest BCUT2D eigenvalue weighted by Crippen LogP contribution is -2.42. The Labute approximate surface area is 162 Å². The standard InChI is InChI=1S/C22H31NO4/c1-25-18-6-4-16(5-7-18)19-14-23(15-20(19)21(24)26-2)17-8-11-22(12-9-17)10-3-13-27-22/h4-7,17,19-20H,3,8-15H2,1-2H3/t17-,19-,20+,22-/m0/s1. The van der Waals surface area contributed by atoms with Gasteiger partial charge < -0.3 is 14.2 Å². The first-order valence-electron chi connectivity index (χ1n) is 10.2. The van der Waals surface area contributed by atoms with E-state index in [1.165, 1.54) is 38.4 Å². The minimum absolute atomic E-state index is 0.0928. The molecule has 2 atom stereocenters. The molecule has 4 rings (SSSR count). The first kappa shape index (κ1) is 18.8. The third kappa shape index (κ3) is 3.72. The third-order valence-electron chi connectivity index (χ3n) is 6.96. The maximum Gasteiger partial charge on any atom is 0.310 e. The van der Waals surface area contributed by atoms with E-state index in [9.17, 15) is 4.79 Å². The number of esters is 1. The largest absolute Gasteiger partial charge is 0.497 e. The van der Waals surface area contributed by atoms with E-state index >= 15 is 0 Å². The van der Waals surface area contributed by atoms with E-state index in [1.807, 2.05) is 12.1 Å². The molecule has 0 amide bonds. The summed E-state index contributed by atoms with van der Waals surface area (Å²) in [6.07, 6.45) is 7.08. The summed E-state index contributed by atoms with van der Waals surface area (Å²) >= 11 is 0. The predicted molar refractivity (Wildman–Crippen MR) is 103 cm³/mol. The minimum atomic E-state index is -0.0954. The van der Waals surface area contributed by atoms with Crippen LogP contribution in [0, 0.1) is 5.92 Å². The molecular weight excluding hydrogens is 342 g/mol. The highest BCUT2D eigenvalue weighted by Gasteiger charge is 2.45. The zero-order valence-electron chi connectivity index (χ0n) is 16.5. The number of hydrogen-bond donors (Lipinski definition) is 0. The zero-order valence-corrected chi connectivity index (χ0v) is 16.5. The van der Waals surface area contributed by atoms with Crippen molar-refractivity contribution in [2.24, 2.45) is 5.92 Å². The van der Waals surface area contributed by atoms with Crippen LogP contribution in [0.15, 0.2) is 24.3 Å². The van der Waals surface area contributed by atoms with Crippen molar-refractivity contribution in [1.29, 1.82) is 0 Å². The van der Waals surface area contributed by atoms with Crippen molar-refractivity contribution in [2.75, 3.05) is 33.9 Å². The molecule has 1 spiro atoms. The van der Waals surface area contributed by atoms with Crippen LogP contribution in [-0.4, -0.2) is 56.4 Å². The topological polar surface area (TPSA) is 48.0 Å². The minimum Gasteiger partial charge on any atom is -0.497 e. The van der Waals surface area contributed by atoms with Gasteiger partial charge >= 0.3 is 5.97 Å². The second-order valence-electron chi connectivity index (χ2n) is 8.33. The van der Waals surface area contributed by atoms with Gasteiger partial charge in [0, 0.05) is 31.7 Å². The van der Waals surface area contributed by atoms with Gasteiger partial charge in [-0.25, -0.2) is 0 Å². The van der Waals surface area contributed by atoms with Crippen LogP contribution in [0.1, 0.15) is 50.0 Å². The number of rotatable bonds is 4. The molecule has 0 bridgehead atoms. The smallest absolute Gasteiger partial charge is 0.310 e. The Balaban J connectivity index is 1.46. The number of methoxy groups -OCH3 is 2. The Bertz CT molecular complexity index is 643. The molecule has 0 unspecified atom stereocenters. The third-order valence-corrected chi connectivity index (χ3v) is 6.96. The van der Waals surface area contributed by atoms with Crippen LogP contribution in [0.4, 0.5) is 0 Å². The van der Waals surface area contributed by atoms with E-state index in [2.05, 4.69) is 17.0 Å². The molecule has 1 saturated carbocycles. The maximum atomic E-state index is 12.5. The highest BCUT2D eigenvalue weighted by molar-refractivity contribution is 5.74. The Morgan fingerprint density at radius 1 is 1.11 bits per heavy atom. The van der Waals surface area contributed by atoms with E-state index in [4.69, 9.17) is 14.2 Å². The number of ether oxygens (including phenoxy) is 3. The lowest BCUT2D eigenvalue weighted by atomic mass is 9.80. The SMILES string of the molecule is COC(=O)[C@@H]1CN([C@H]2CC[C@@]3(CCCO3)CC2)C[C@H]1c1ccc(OC)cc1. The normalized spacial score (nSPS) is 34.1. The molecule has 27 heavy (non-hydrogen) atoms. The van der Waals surface area contributed by atoms with Crippen LogP contribution in [0.2, 0.25) is 0 Å². The Hall–Kier alpha value is -1.59. The molecule has 0 aromatic heterocycles. The van der Waals surface area contributed by atoms with Crippen molar-refractivity contribution in [1.82, 2.24) is 4.90 Å². The highest BCUT2D eigenvalue weighted by atomic mass is 16.5. The summed E-state index contributed by atoms with van der Waals surface area (Å²) in [6.45, 7) is 2.64. The first-order chi connectivity index (χ1) is 13.1. The average Bonchev–Trinajstić information content (AvgIpc) is 3.36. The van der Waals surface area contributed by atoms with Crippen molar-refractivity contribution in [3.8, 4) is 5.75 Å². The molecule has 2 aliphatic heterocycles. The molecule has 5 nitrogen and oxygen atoms in total. The second kappa shape index (κ2) is 7.80. The fourth-order valence-corrected chi connectivity index (χ4v) is 5.35.